The van der Waals surface area contributed by atoms with Crippen molar-refractivity contribution in [2.24, 2.45) is 0 Å². The van der Waals surface area contributed by atoms with Crippen LogP contribution >= 0.6 is 0 Å². The zero-order valence-electron chi connectivity index (χ0n) is 14.2. The molecule has 2 aromatic heterocycles. The number of aromatic nitrogens is 4. The van der Waals surface area contributed by atoms with Gasteiger partial charge in [-0.25, -0.2) is 0 Å². The Hall–Kier alpha value is -2.11. The largest absolute Gasteiger partial charge is 0.342 e. The van der Waals surface area contributed by atoms with E-state index in [1.165, 1.54) is 11.3 Å². The first-order valence-electron chi connectivity index (χ1n) is 8.33. The molecule has 0 spiro atoms. The third kappa shape index (κ3) is 3.46. The molecule has 0 aromatic carbocycles. The van der Waals surface area contributed by atoms with Crippen LogP contribution in [0.15, 0.2) is 12.3 Å². The number of carbonyl (C=O) groups is 1. The predicted molar refractivity (Wildman–Crippen MR) is 88.2 cm³/mol. The molecule has 1 fully saturated rings. The maximum atomic E-state index is 12.4. The summed E-state index contributed by atoms with van der Waals surface area (Å²) in [4.78, 5) is 14.4. The predicted octanol–water partition coefficient (Wildman–Crippen LogP) is 2.33. The standard InChI is InChI=1S/C17H25N5O/c1-12-10-18-19-17(12)15-6-8-21(11-15)16(23)5-4-7-22-14(3)9-13(2)20-22/h9-10,15H,4-8,11H2,1-3H3,(H,18,19)/t15-/m1/s1. The topological polar surface area (TPSA) is 66.8 Å². The second-order valence-electron chi connectivity index (χ2n) is 6.55. The van der Waals surface area contributed by atoms with Crippen molar-refractivity contribution in [3.63, 3.8) is 0 Å². The third-order valence-corrected chi connectivity index (χ3v) is 4.68. The summed E-state index contributed by atoms with van der Waals surface area (Å²) in [5.41, 5.74) is 4.56. The highest BCUT2D eigenvalue weighted by molar-refractivity contribution is 5.76. The molecule has 1 N–H and O–H groups in total. The molecule has 6 nitrogen and oxygen atoms in total. The molecule has 1 amide bonds. The lowest BCUT2D eigenvalue weighted by molar-refractivity contribution is -0.130. The maximum absolute atomic E-state index is 12.4. The van der Waals surface area contributed by atoms with E-state index < -0.39 is 0 Å². The molecular weight excluding hydrogens is 290 g/mol. The van der Waals surface area contributed by atoms with Crippen molar-refractivity contribution < 1.29 is 4.79 Å². The highest BCUT2D eigenvalue weighted by Gasteiger charge is 2.28. The lowest BCUT2D eigenvalue weighted by Crippen LogP contribution is -2.28. The van der Waals surface area contributed by atoms with Gasteiger partial charge in [-0.1, -0.05) is 0 Å². The summed E-state index contributed by atoms with van der Waals surface area (Å²) in [5.74, 6) is 0.656. The van der Waals surface area contributed by atoms with Crippen LogP contribution in [0.4, 0.5) is 0 Å². The highest BCUT2D eigenvalue weighted by Crippen LogP contribution is 2.28. The summed E-state index contributed by atoms with van der Waals surface area (Å²) in [6.07, 6.45) is 4.30. The van der Waals surface area contributed by atoms with Gasteiger partial charge in [-0.05, 0) is 45.2 Å². The Kier molecular flexibility index (Phi) is 4.50. The Morgan fingerprint density at radius 2 is 2.22 bits per heavy atom. The van der Waals surface area contributed by atoms with Crippen LogP contribution in [-0.4, -0.2) is 43.9 Å². The molecule has 1 aliphatic heterocycles. The Labute approximate surface area is 136 Å². The molecular formula is C17H25N5O. The van der Waals surface area contributed by atoms with Crippen molar-refractivity contribution in [3.05, 3.63) is 34.9 Å². The fraction of sp³-hybridized carbons (Fsp3) is 0.588. The molecule has 6 heteroatoms. The number of nitrogens with one attached hydrogen (secondary N) is 1. The van der Waals surface area contributed by atoms with Gasteiger partial charge in [0, 0.05) is 43.4 Å². The van der Waals surface area contributed by atoms with Gasteiger partial charge >= 0.3 is 0 Å². The fourth-order valence-electron chi connectivity index (χ4n) is 3.43. The van der Waals surface area contributed by atoms with Gasteiger partial charge in [0.2, 0.25) is 5.91 Å². The average molecular weight is 315 g/mol. The van der Waals surface area contributed by atoms with Gasteiger partial charge in [0.15, 0.2) is 0 Å². The number of likely N-dealkylation sites (tertiary alicyclic amines) is 1. The zero-order chi connectivity index (χ0) is 16.4. The zero-order valence-corrected chi connectivity index (χ0v) is 14.2. The van der Waals surface area contributed by atoms with E-state index >= 15 is 0 Å². The summed E-state index contributed by atoms with van der Waals surface area (Å²) >= 11 is 0. The van der Waals surface area contributed by atoms with Gasteiger partial charge in [-0.3, -0.25) is 14.6 Å². The van der Waals surface area contributed by atoms with Crippen LogP contribution in [0.5, 0.6) is 0 Å². The molecule has 0 radical (unpaired) electrons. The lowest BCUT2D eigenvalue weighted by Gasteiger charge is -2.16. The van der Waals surface area contributed by atoms with Gasteiger partial charge in [-0.2, -0.15) is 10.2 Å². The molecule has 1 aliphatic rings. The second kappa shape index (κ2) is 6.56. The molecule has 0 bridgehead atoms. The summed E-state index contributed by atoms with van der Waals surface area (Å²) in [7, 11) is 0. The van der Waals surface area contributed by atoms with Crippen LogP contribution in [0.2, 0.25) is 0 Å². The SMILES string of the molecule is Cc1cc(C)n(CCCC(=O)N2CC[C@@H](c3[nH]ncc3C)C2)n1. The van der Waals surface area contributed by atoms with Crippen LogP contribution < -0.4 is 0 Å². The average Bonchev–Trinajstić information content (AvgIpc) is 3.20. The number of nitrogens with zero attached hydrogens (tertiary/aromatic N) is 4. The van der Waals surface area contributed by atoms with Gasteiger partial charge in [-0.15, -0.1) is 0 Å². The number of carbonyl (C=O) groups excluding carboxylic acids is 1. The van der Waals surface area contributed by atoms with Crippen LogP contribution in [0.25, 0.3) is 0 Å². The van der Waals surface area contributed by atoms with Crippen molar-refractivity contribution in [2.45, 2.75) is 52.5 Å². The van der Waals surface area contributed by atoms with E-state index in [9.17, 15) is 4.79 Å². The smallest absolute Gasteiger partial charge is 0.222 e. The molecule has 2 aromatic rings. The Balaban J connectivity index is 1.48. The van der Waals surface area contributed by atoms with E-state index in [1.807, 2.05) is 22.7 Å². The van der Waals surface area contributed by atoms with Gasteiger partial charge in [0.25, 0.3) is 0 Å². The number of aromatic amines is 1. The first kappa shape index (κ1) is 15.8. The first-order chi connectivity index (χ1) is 11.0. The summed E-state index contributed by atoms with van der Waals surface area (Å²) in [5, 5.41) is 11.6. The Morgan fingerprint density at radius 1 is 1.39 bits per heavy atom. The molecule has 23 heavy (non-hydrogen) atoms. The Bertz CT molecular complexity index is 687. The molecule has 0 aliphatic carbocycles. The van der Waals surface area contributed by atoms with Crippen molar-refractivity contribution in [3.8, 4) is 0 Å². The summed E-state index contributed by atoms with van der Waals surface area (Å²) in [6.45, 7) is 8.58. The number of aryl methyl sites for hydroxylation is 4. The van der Waals surface area contributed by atoms with Crippen LogP contribution in [-0.2, 0) is 11.3 Å². The molecule has 0 unspecified atom stereocenters. The van der Waals surface area contributed by atoms with Crippen molar-refractivity contribution in [2.75, 3.05) is 13.1 Å². The number of H-pyrrole nitrogens is 1. The maximum Gasteiger partial charge on any atom is 0.222 e. The van der Waals surface area contributed by atoms with E-state index in [0.717, 1.165) is 43.9 Å². The second-order valence-corrected chi connectivity index (χ2v) is 6.55. The van der Waals surface area contributed by atoms with E-state index in [1.54, 1.807) is 0 Å². The van der Waals surface area contributed by atoms with Gasteiger partial charge in [0.1, 0.15) is 0 Å². The molecule has 3 heterocycles. The summed E-state index contributed by atoms with van der Waals surface area (Å²) < 4.78 is 1.99. The highest BCUT2D eigenvalue weighted by atomic mass is 16.2. The number of amides is 1. The molecule has 3 rings (SSSR count). The lowest BCUT2D eigenvalue weighted by atomic mass is 10.0. The number of hydrogen-bond donors (Lipinski definition) is 1. The minimum absolute atomic E-state index is 0.256. The van der Waals surface area contributed by atoms with Gasteiger partial charge < -0.3 is 4.90 Å². The minimum Gasteiger partial charge on any atom is -0.342 e. The van der Waals surface area contributed by atoms with Crippen molar-refractivity contribution in [1.82, 2.24) is 24.9 Å². The van der Waals surface area contributed by atoms with E-state index in [2.05, 4.69) is 35.2 Å². The van der Waals surface area contributed by atoms with E-state index in [0.29, 0.717) is 12.3 Å². The minimum atomic E-state index is 0.256. The van der Waals surface area contributed by atoms with Crippen molar-refractivity contribution in [1.29, 1.82) is 0 Å². The van der Waals surface area contributed by atoms with Gasteiger partial charge in [0.05, 0.1) is 11.9 Å². The number of hydrogen-bond acceptors (Lipinski definition) is 3. The number of rotatable bonds is 5. The molecule has 1 saturated heterocycles. The quantitative estimate of drug-likeness (QED) is 0.921. The van der Waals surface area contributed by atoms with E-state index in [4.69, 9.17) is 0 Å². The first-order valence-corrected chi connectivity index (χ1v) is 8.33. The fourth-order valence-corrected chi connectivity index (χ4v) is 3.43. The van der Waals surface area contributed by atoms with Crippen molar-refractivity contribution >= 4 is 5.91 Å². The molecule has 1 atom stereocenters. The van der Waals surface area contributed by atoms with Crippen LogP contribution in [0.3, 0.4) is 0 Å². The molecule has 0 saturated carbocycles. The summed E-state index contributed by atoms with van der Waals surface area (Å²) in [6, 6.07) is 2.07. The molecule has 124 valence electrons. The monoisotopic (exact) mass is 315 g/mol. The Morgan fingerprint density at radius 3 is 2.87 bits per heavy atom. The third-order valence-electron chi connectivity index (χ3n) is 4.68. The van der Waals surface area contributed by atoms with Crippen LogP contribution in [0.1, 0.15) is 47.8 Å². The van der Waals surface area contributed by atoms with Crippen LogP contribution in [0, 0.1) is 20.8 Å². The normalized spacial score (nSPS) is 17.9. The van der Waals surface area contributed by atoms with E-state index in [-0.39, 0.29) is 5.91 Å².